The molecule has 0 spiro atoms. The van der Waals surface area contributed by atoms with E-state index in [1.54, 1.807) is 0 Å². The lowest BCUT2D eigenvalue weighted by molar-refractivity contribution is 0.0193. The van der Waals surface area contributed by atoms with Crippen LogP contribution in [-0.4, -0.2) is 60.8 Å². The molecule has 1 atom stereocenters. The molecule has 18 heavy (non-hydrogen) atoms. The maximum atomic E-state index is 10.4. The molecular weight excluding hydrogens is 224 g/mol. The van der Waals surface area contributed by atoms with Crippen LogP contribution in [0.25, 0.3) is 0 Å². The number of likely N-dealkylation sites (tertiary alicyclic amines) is 2. The lowest BCUT2D eigenvalue weighted by Crippen LogP contribution is -2.45. The number of piperidine rings is 2. The molecule has 3 heteroatoms. The average Bonchev–Trinajstić information content (AvgIpc) is 2.33. The van der Waals surface area contributed by atoms with Crippen LogP contribution in [0.2, 0.25) is 0 Å². The third-order valence-corrected chi connectivity index (χ3v) is 4.96. The largest absolute Gasteiger partial charge is 0.392 e. The van der Waals surface area contributed by atoms with Crippen molar-refractivity contribution in [2.24, 2.45) is 11.3 Å². The van der Waals surface area contributed by atoms with Gasteiger partial charge in [-0.1, -0.05) is 13.8 Å². The van der Waals surface area contributed by atoms with Crippen molar-refractivity contribution in [3.05, 3.63) is 0 Å². The molecule has 0 unspecified atom stereocenters. The van der Waals surface area contributed by atoms with Crippen LogP contribution in [0.4, 0.5) is 0 Å². The highest BCUT2D eigenvalue weighted by atomic mass is 16.3. The number of aliphatic hydroxyl groups is 1. The predicted octanol–water partition coefficient (Wildman–Crippen LogP) is 1.81. The van der Waals surface area contributed by atoms with Gasteiger partial charge in [0.15, 0.2) is 0 Å². The predicted molar refractivity (Wildman–Crippen MR) is 75.7 cm³/mol. The average molecular weight is 254 g/mol. The Kier molecular flexibility index (Phi) is 4.68. The molecule has 0 amide bonds. The minimum absolute atomic E-state index is 0.111. The zero-order chi connectivity index (χ0) is 13.2. The Bertz CT molecular complexity index is 249. The second-order valence-electron chi connectivity index (χ2n) is 7.17. The number of aliphatic hydroxyl groups excluding tert-OH is 1. The normalized spacial score (nSPS) is 29.3. The van der Waals surface area contributed by atoms with Gasteiger partial charge in [-0.25, -0.2) is 0 Å². The molecule has 1 N–H and O–H groups in total. The van der Waals surface area contributed by atoms with E-state index in [-0.39, 0.29) is 6.10 Å². The van der Waals surface area contributed by atoms with E-state index in [1.807, 2.05) is 0 Å². The first-order chi connectivity index (χ1) is 8.46. The highest BCUT2D eigenvalue weighted by Gasteiger charge is 2.29. The zero-order valence-corrected chi connectivity index (χ0v) is 12.4. The van der Waals surface area contributed by atoms with Crippen molar-refractivity contribution in [1.29, 1.82) is 0 Å². The molecule has 2 saturated heterocycles. The van der Waals surface area contributed by atoms with E-state index >= 15 is 0 Å². The summed E-state index contributed by atoms with van der Waals surface area (Å²) in [6.07, 6.45) is 4.76. The van der Waals surface area contributed by atoms with E-state index in [0.717, 1.165) is 45.6 Å². The number of hydrogen-bond acceptors (Lipinski definition) is 3. The van der Waals surface area contributed by atoms with Gasteiger partial charge in [0.25, 0.3) is 0 Å². The van der Waals surface area contributed by atoms with E-state index in [2.05, 4.69) is 30.7 Å². The molecule has 2 rings (SSSR count). The summed E-state index contributed by atoms with van der Waals surface area (Å²) < 4.78 is 0. The van der Waals surface area contributed by atoms with Gasteiger partial charge in [0.05, 0.1) is 6.10 Å². The topological polar surface area (TPSA) is 26.7 Å². The van der Waals surface area contributed by atoms with Gasteiger partial charge in [-0.05, 0) is 70.2 Å². The summed E-state index contributed by atoms with van der Waals surface area (Å²) in [7, 11) is 2.18. The molecule has 2 heterocycles. The first kappa shape index (κ1) is 14.3. The Balaban J connectivity index is 1.73. The van der Waals surface area contributed by atoms with Crippen LogP contribution in [-0.2, 0) is 0 Å². The first-order valence-electron chi connectivity index (χ1n) is 7.55. The fourth-order valence-electron chi connectivity index (χ4n) is 3.17. The molecule has 0 aliphatic carbocycles. The Morgan fingerprint density at radius 2 is 1.67 bits per heavy atom. The third-order valence-electron chi connectivity index (χ3n) is 4.96. The van der Waals surface area contributed by atoms with Crippen LogP contribution in [0.1, 0.15) is 39.5 Å². The fourth-order valence-corrected chi connectivity index (χ4v) is 3.17. The Hall–Kier alpha value is -0.120. The van der Waals surface area contributed by atoms with E-state index in [1.165, 1.54) is 12.8 Å². The quantitative estimate of drug-likeness (QED) is 0.832. The van der Waals surface area contributed by atoms with Crippen LogP contribution in [0.15, 0.2) is 0 Å². The molecule has 0 radical (unpaired) electrons. The van der Waals surface area contributed by atoms with Crippen molar-refractivity contribution in [3.63, 3.8) is 0 Å². The minimum Gasteiger partial charge on any atom is -0.392 e. The molecular formula is C15H30N2O. The van der Waals surface area contributed by atoms with Crippen molar-refractivity contribution in [3.8, 4) is 0 Å². The van der Waals surface area contributed by atoms with Gasteiger partial charge < -0.3 is 14.9 Å². The second kappa shape index (κ2) is 5.89. The molecule has 3 nitrogen and oxygen atoms in total. The van der Waals surface area contributed by atoms with Gasteiger partial charge in [0.2, 0.25) is 0 Å². The van der Waals surface area contributed by atoms with Crippen LogP contribution >= 0.6 is 0 Å². The number of rotatable bonds is 3. The van der Waals surface area contributed by atoms with E-state index in [9.17, 15) is 5.11 Å². The summed E-state index contributed by atoms with van der Waals surface area (Å²) in [4.78, 5) is 4.83. The number of nitrogens with zero attached hydrogens (tertiary/aromatic N) is 2. The van der Waals surface area contributed by atoms with Crippen molar-refractivity contribution in [2.45, 2.75) is 45.6 Å². The van der Waals surface area contributed by atoms with Crippen LogP contribution in [0, 0.1) is 11.3 Å². The molecule has 0 aromatic carbocycles. The molecule has 2 aliphatic rings. The van der Waals surface area contributed by atoms with Gasteiger partial charge >= 0.3 is 0 Å². The number of β-amino-alcohol motifs (C(OH)–C–C–N with tert-alkyl or cyclic N) is 1. The van der Waals surface area contributed by atoms with Crippen molar-refractivity contribution < 1.29 is 5.11 Å². The monoisotopic (exact) mass is 254 g/mol. The molecule has 2 fully saturated rings. The lowest BCUT2D eigenvalue weighted by Gasteiger charge is -2.39. The molecule has 0 aromatic heterocycles. The van der Waals surface area contributed by atoms with Crippen molar-refractivity contribution in [2.75, 3.05) is 39.8 Å². The molecule has 0 saturated carbocycles. The van der Waals surface area contributed by atoms with Crippen LogP contribution < -0.4 is 0 Å². The van der Waals surface area contributed by atoms with E-state index in [4.69, 9.17) is 0 Å². The number of hydrogen-bond donors (Lipinski definition) is 1. The maximum Gasteiger partial charge on any atom is 0.0696 e. The molecule has 2 aliphatic heterocycles. The van der Waals surface area contributed by atoms with Crippen LogP contribution in [0.3, 0.4) is 0 Å². The summed E-state index contributed by atoms with van der Waals surface area (Å²) in [5.41, 5.74) is 0.509. The van der Waals surface area contributed by atoms with Gasteiger partial charge in [-0.3, -0.25) is 0 Å². The molecule has 0 aromatic rings. The smallest absolute Gasteiger partial charge is 0.0696 e. The molecule has 106 valence electrons. The standard InChI is InChI=1S/C15H30N2O/c1-15(2)6-10-17(11-7-15)12-14(18)13-4-8-16(3)9-5-13/h13-14,18H,4-12H2,1-3H3/t14-/m1/s1. The summed E-state index contributed by atoms with van der Waals surface area (Å²) in [5, 5.41) is 10.4. The van der Waals surface area contributed by atoms with Gasteiger partial charge in [0, 0.05) is 6.54 Å². The summed E-state index contributed by atoms with van der Waals surface area (Å²) in [5.74, 6) is 0.524. The fraction of sp³-hybridized carbons (Fsp3) is 1.00. The van der Waals surface area contributed by atoms with Crippen molar-refractivity contribution >= 4 is 0 Å². The van der Waals surface area contributed by atoms with Gasteiger partial charge in [-0.15, -0.1) is 0 Å². The van der Waals surface area contributed by atoms with E-state index < -0.39 is 0 Å². The van der Waals surface area contributed by atoms with Crippen LogP contribution in [0.5, 0.6) is 0 Å². The third kappa shape index (κ3) is 3.94. The van der Waals surface area contributed by atoms with E-state index in [0.29, 0.717) is 11.3 Å². The highest BCUT2D eigenvalue weighted by Crippen LogP contribution is 2.30. The summed E-state index contributed by atoms with van der Waals surface area (Å²) in [6, 6.07) is 0. The SMILES string of the molecule is CN1CCC([C@H](O)CN2CCC(C)(C)CC2)CC1. The molecule has 0 bridgehead atoms. The Labute approximate surface area is 112 Å². The highest BCUT2D eigenvalue weighted by molar-refractivity contribution is 4.83. The maximum absolute atomic E-state index is 10.4. The lowest BCUT2D eigenvalue weighted by atomic mass is 9.82. The Morgan fingerprint density at radius 3 is 2.22 bits per heavy atom. The Morgan fingerprint density at radius 1 is 1.11 bits per heavy atom. The van der Waals surface area contributed by atoms with Gasteiger partial charge in [-0.2, -0.15) is 0 Å². The minimum atomic E-state index is -0.111. The summed E-state index contributed by atoms with van der Waals surface area (Å²) >= 11 is 0. The van der Waals surface area contributed by atoms with Crippen molar-refractivity contribution in [1.82, 2.24) is 9.80 Å². The summed E-state index contributed by atoms with van der Waals surface area (Å²) in [6.45, 7) is 10.2. The zero-order valence-electron chi connectivity index (χ0n) is 12.4. The second-order valence-corrected chi connectivity index (χ2v) is 7.17. The van der Waals surface area contributed by atoms with Gasteiger partial charge in [0.1, 0.15) is 0 Å². The first-order valence-corrected chi connectivity index (χ1v) is 7.55.